The van der Waals surface area contributed by atoms with Gasteiger partial charge in [-0.1, -0.05) is 29.8 Å². The summed E-state index contributed by atoms with van der Waals surface area (Å²) in [6, 6.07) is 7.85. The van der Waals surface area contributed by atoms with Crippen LogP contribution in [0.5, 0.6) is 0 Å². The summed E-state index contributed by atoms with van der Waals surface area (Å²) in [5, 5.41) is 5.32. The van der Waals surface area contributed by atoms with Crippen molar-refractivity contribution in [2.45, 2.75) is 25.4 Å². The van der Waals surface area contributed by atoms with Crippen molar-refractivity contribution in [1.29, 1.82) is 0 Å². The van der Waals surface area contributed by atoms with E-state index in [9.17, 15) is 8.42 Å². The fourth-order valence-corrected chi connectivity index (χ4v) is 3.45. The van der Waals surface area contributed by atoms with Crippen molar-refractivity contribution in [2.24, 2.45) is 0 Å². The van der Waals surface area contributed by atoms with Gasteiger partial charge in [0, 0.05) is 22.5 Å². The third kappa shape index (κ3) is 3.83. The van der Waals surface area contributed by atoms with Gasteiger partial charge in [0.2, 0.25) is 0 Å². The van der Waals surface area contributed by atoms with Crippen LogP contribution < -0.4 is 5.32 Å². The summed E-state index contributed by atoms with van der Waals surface area (Å²) in [6.07, 6.45) is 2.56. The number of hydrogen-bond acceptors (Lipinski definition) is 3. The molecule has 3 nitrogen and oxygen atoms in total. The molecular weight excluding hydrogens is 270 g/mol. The summed E-state index contributed by atoms with van der Waals surface area (Å²) in [5.74, 6) is 0.165. The number of benzene rings is 1. The zero-order valence-corrected chi connectivity index (χ0v) is 11.7. The molecule has 0 aliphatic carbocycles. The molecule has 1 aliphatic rings. The lowest BCUT2D eigenvalue weighted by molar-refractivity contribution is 0.514. The van der Waals surface area contributed by atoms with Gasteiger partial charge in [0.1, 0.15) is 0 Å². The normalized spacial score (nSPS) is 23.1. The van der Waals surface area contributed by atoms with Crippen LogP contribution in [0, 0.1) is 0 Å². The first-order valence-electron chi connectivity index (χ1n) is 5.86. The van der Waals surface area contributed by atoms with Crippen molar-refractivity contribution in [3.05, 3.63) is 46.3 Å². The standard InChI is InChI=1S/C13H16ClNO2S/c1-10(8-11-2-4-12(14)5-3-11)15-13-6-7-18(16,17)9-13/h2-7,10,13,15H,8-9H2,1H3. The lowest BCUT2D eigenvalue weighted by Crippen LogP contribution is -2.38. The summed E-state index contributed by atoms with van der Waals surface area (Å²) < 4.78 is 22.6. The maximum atomic E-state index is 11.3. The van der Waals surface area contributed by atoms with Crippen LogP contribution in [0.15, 0.2) is 35.7 Å². The Hall–Kier alpha value is -0.840. The van der Waals surface area contributed by atoms with E-state index in [1.807, 2.05) is 31.2 Å². The molecule has 0 spiro atoms. The van der Waals surface area contributed by atoms with E-state index in [2.05, 4.69) is 5.32 Å². The summed E-state index contributed by atoms with van der Waals surface area (Å²) in [6.45, 7) is 2.05. The Morgan fingerprint density at radius 1 is 1.39 bits per heavy atom. The molecule has 0 amide bonds. The van der Waals surface area contributed by atoms with Gasteiger partial charge in [-0.2, -0.15) is 0 Å². The van der Waals surface area contributed by atoms with E-state index in [1.165, 1.54) is 11.0 Å². The highest BCUT2D eigenvalue weighted by molar-refractivity contribution is 7.94. The number of halogens is 1. The van der Waals surface area contributed by atoms with E-state index in [1.54, 1.807) is 6.08 Å². The fourth-order valence-electron chi connectivity index (χ4n) is 2.08. The molecule has 2 rings (SSSR count). The van der Waals surface area contributed by atoms with E-state index in [0.717, 1.165) is 11.4 Å². The van der Waals surface area contributed by atoms with Crippen molar-refractivity contribution in [3.63, 3.8) is 0 Å². The van der Waals surface area contributed by atoms with Gasteiger partial charge in [0.05, 0.1) is 5.75 Å². The molecule has 1 aliphatic heterocycles. The Bertz CT molecular complexity index is 537. The van der Waals surface area contributed by atoms with Gasteiger partial charge in [-0.25, -0.2) is 8.42 Å². The van der Waals surface area contributed by atoms with Gasteiger partial charge in [-0.05, 0) is 31.0 Å². The molecule has 98 valence electrons. The molecule has 2 atom stereocenters. The van der Waals surface area contributed by atoms with E-state index >= 15 is 0 Å². The highest BCUT2D eigenvalue weighted by Crippen LogP contribution is 2.13. The van der Waals surface area contributed by atoms with Crippen LogP contribution in [0.2, 0.25) is 5.02 Å². The second kappa shape index (κ2) is 5.43. The average molecular weight is 286 g/mol. The Morgan fingerprint density at radius 2 is 2.06 bits per heavy atom. The zero-order valence-electron chi connectivity index (χ0n) is 10.1. The van der Waals surface area contributed by atoms with Crippen LogP contribution in [0.4, 0.5) is 0 Å². The minimum absolute atomic E-state index is 0.0719. The molecule has 1 N–H and O–H groups in total. The smallest absolute Gasteiger partial charge is 0.173 e. The van der Waals surface area contributed by atoms with Crippen molar-refractivity contribution >= 4 is 21.4 Å². The summed E-state index contributed by atoms with van der Waals surface area (Å²) in [5.41, 5.74) is 1.18. The number of hydrogen-bond donors (Lipinski definition) is 1. The quantitative estimate of drug-likeness (QED) is 0.922. The van der Waals surface area contributed by atoms with Crippen molar-refractivity contribution in [2.75, 3.05) is 5.75 Å². The highest BCUT2D eigenvalue weighted by atomic mass is 35.5. The second-order valence-electron chi connectivity index (χ2n) is 4.66. The largest absolute Gasteiger partial charge is 0.307 e. The van der Waals surface area contributed by atoms with Crippen LogP contribution in [0.25, 0.3) is 0 Å². The Balaban J connectivity index is 1.88. The van der Waals surface area contributed by atoms with Gasteiger partial charge in [0.15, 0.2) is 9.84 Å². The first-order chi connectivity index (χ1) is 8.44. The molecule has 5 heteroatoms. The summed E-state index contributed by atoms with van der Waals surface area (Å²) in [4.78, 5) is 0. The third-order valence-corrected chi connectivity index (χ3v) is 4.53. The van der Waals surface area contributed by atoms with Gasteiger partial charge in [0.25, 0.3) is 0 Å². The summed E-state index contributed by atoms with van der Waals surface area (Å²) in [7, 11) is -2.98. The molecule has 1 aromatic rings. The van der Waals surface area contributed by atoms with Crippen LogP contribution in [0.3, 0.4) is 0 Å². The molecule has 1 aromatic carbocycles. The molecule has 0 aromatic heterocycles. The Labute approximate surface area is 113 Å². The summed E-state index contributed by atoms with van der Waals surface area (Å²) >= 11 is 5.83. The number of rotatable bonds is 4. The van der Waals surface area contributed by atoms with Crippen LogP contribution in [0.1, 0.15) is 12.5 Å². The van der Waals surface area contributed by atoms with Gasteiger partial charge in [-0.15, -0.1) is 0 Å². The molecule has 18 heavy (non-hydrogen) atoms. The van der Waals surface area contributed by atoms with Crippen molar-refractivity contribution in [1.82, 2.24) is 5.32 Å². The van der Waals surface area contributed by atoms with E-state index in [-0.39, 0.29) is 17.8 Å². The van der Waals surface area contributed by atoms with Crippen LogP contribution >= 0.6 is 11.6 Å². The molecule has 1 heterocycles. The first kappa shape index (κ1) is 13.6. The van der Waals surface area contributed by atoms with Gasteiger partial charge < -0.3 is 5.32 Å². The van der Waals surface area contributed by atoms with Crippen LogP contribution in [-0.2, 0) is 16.3 Å². The van der Waals surface area contributed by atoms with E-state index in [0.29, 0.717) is 0 Å². The average Bonchev–Trinajstić information content (AvgIpc) is 2.61. The topological polar surface area (TPSA) is 46.2 Å². The Kier molecular flexibility index (Phi) is 4.10. The molecule has 2 unspecified atom stereocenters. The second-order valence-corrected chi connectivity index (χ2v) is 7.03. The Morgan fingerprint density at radius 3 is 2.61 bits per heavy atom. The lowest BCUT2D eigenvalue weighted by atomic mass is 10.1. The van der Waals surface area contributed by atoms with Crippen molar-refractivity contribution < 1.29 is 8.42 Å². The van der Waals surface area contributed by atoms with Gasteiger partial charge in [-0.3, -0.25) is 0 Å². The molecular formula is C13H16ClNO2S. The minimum atomic E-state index is -2.98. The third-order valence-electron chi connectivity index (χ3n) is 2.88. The number of sulfone groups is 1. The number of nitrogens with one attached hydrogen (secondary N) is 1. The SMILES string of the molecule is CC(Cc1ccc(Cl)cc1)NC1C=CS(=O)(=O)C1. The van der Waals surface area contributed by atoms with Crippen LogP contribution in [-0.4, -0.2) is 26.3 Å². The predicted molar refractivity (Wildman–Crippen MR) is 74.5 cm³/mol. The van der Waals surface area contributed by atoms with Crippen molar-refractivity contribution in [3.8, 4) is 0 Å². The molecule has 0 fully saturated rings. The first-order valence-corrected chi connectivity index (χ1v) is 7.95. The molecule has 0 saturated heterocycles. The maximum Gasteiger partial charge on any atom is 0.173 e. The van der Waals surface area contributed by atoms with E-state index in [4.69, 9.17) is 11.6 Å². The molecule has 0 bridgehead atoms. The minimum Gasteiger partial charge on any atom is -0.307 e. The lowest BCUT2D eigenvalue weighted by Gasteiger charge is -2.17. The fraction of sp³-hybridized carbons (Fsp3) is 0.385. The van der Waals surface area contributed by atoms with E-state index < -0.39 is 9.84 Å². The zero-order chi connectivity index (χ0) is 13.2. The molecule has 0 radical (unpaired) electrons. The molecule has 0 saturated carbocycles. The maximum absolute atomic E-state index is 11.3. The monoisotopic (exact) mass is 285 g/mol. The highest BCUT2D eigenvalue weighted by Gasteiger charge is 2.22. The predicted octanol–water partition coefficient (Wildman–Crippen LogP) is 2.17. The van der Waals surface area contributed by atoms with Gasteiger partial charge >= 0.3 is 0 Å².